The van der Waals surface area contributed by atoms with Gasteiger partial charge in [0.15, 0.2) is 0 Å². The Labute approximate surface area is 291 Å². The number of hydrogen-bond acceptors (Lipinski definition) is 1. The van der Waals surface area contributed by atoms with Crippen molar-refractivity contribution in [1.82, 2.24) is 9.47 Å². The van der Waals surface area contributed by atoms with Crippen LogP contribution in [0.1, 0.15) is 23.5 Å². The lowest BCUT2D eigenvalue weighted by molar-refractivity contribution is 0.179. The number of likely N-dealkylation sites (N-methyl/N-ethyl adjacent to an activating group) is 1. The second-order valence-electron chi connectivity index (χ2n) is 13.4. The molecule has 10 rings (SSSR count). The topological polar surface area (TPSA) is 22.3 Å². The highest BCUT2D eigenvalue weighted by Crippen LogP contribution is 2.49. The maximum absolute atomic E-state index is 5.69. The Balaban J connectivity index is 1.28. The summed E-state index contributed by atoms with van der Waals surface area (Å²) in [5.74, 6) is 0. The fourth-order valence-corrected chi connectivity index (χ4v) is 8.26. The summed E-state index contributed by atoms with van der Waals surface area (Å²) in [5, 5.41) is 15.8. The van der Waals surface area contributed by atoms with E-state index in [1.807, 2.05) is 0 Å². The number of aromatic nitrogens is 1. The van der Waals surface area contributed by atoms with Crippen LogP contribution in [0.25, 0.3) is 76.3 Å². The molecule has 1 aliphatic heterocycles. The van der Waals surface area contributed by atoms with Gasteiger partial charge in [0.25, 0.3) is 0 Å². The van der Waals surface area contributed by atoms with Crippen molar-refractivity contribution in [2.75, 3.05) is 7.05 Å². The van der Waals surface area contributed by atoms with Gasteiger partial charge in [0.1, 0.15) is 0 Å². The molecule has 0 radical (unpaired) electrons. The van der Waals surface area contributed by atoms with Crippen LogP contribution in [0.15, 0.2) is 176 Å². The zero-order valence-corrected chi connectivity index (χ0v) is 27.7. The van der Waals surface area contributed by atoms with Gasteiger partial charge < -0.3 is 9.88 Å². The van der Waals surface area contributed by atoms with Crippen molar-refractivity contribution in [2.45, 2.75) is 12.3 Å². The summed E-state index contributed by atoms with van der Waals surface area (Å²) in [4.78, 5) is 2.42. The van der Waals surface area contributed by atoms with Gasteiger partial charge in [-0.05, 0) is 63.0 Å². The first-order valence-corrected chi connectivity index (χ1v) is 17.3. The smallest absolute Gasteiger partial charge is 0.0578 e. The van der Waals surface area contributed by atoms with Crippen LogP contribution >= 0.6 is 0 Å². The highest BCUT2D eigenvalue weighted by Gasteiger charge is 2.28. The predicted molar refractivity (Wildman–Crippen MR) is 211 cm³/mol. The van der Waals surface area contributed by atoms with Crippen molar-refractivity contribution < 1.29 is 0 Å². The van der Waals surface area contributed by atoms with Gasteiger partial charge in [-0.2, -0.15) is 0 Å². The zero-order chi connectivity index (χ0) is 33.2. The van der Waals surface area contributed by atoms with Crippen molar-refractivity contribution in [3.05, 3.63) is 192 Å². The average Bonchev–Trinajstić information content (AvgIpc) is 3.54. The van der Waals surface area contributed by atoms with Crippen LogP contribution < -0.4 is 0 Å². The molecule has 238 valence electrons. The van der Waals surface area contributed by atoms with Crippen LogP contribution in [-0.4, -0.2) is 16.5 Å². The third kappa shape index (κ3) is 4.41. The SMILES string of the molecule is CN1C(c2ccccc2)C=C(c2cccc(-c3ccccc3)c2)[N-]C1n1c2ccccc2c2c3c4ccccc4ccc3c3ccccc3c21. The summed E-state index contributed by atoms with van der Waals surface area (Å²) in [6, 6.07) is 61.5. The minimum Gasteiger partial charge on any atom is -0.652 e. The Morgan fingerprint density at radius 1 is 0.480 bits per heavy atom. The average molecular weight is 641 g/mol. The van der Waals surface area contributed by atoms with E-state index in [2.05, 4.69) is 192 Å². The molecule has 2 atom stereocenters. The molecular formula is C47H34N3-. The van der Waals surface area contributed by atoms with Crippen LogP contribution in [0.3, 0.4) is 0 Å². The summed E-state index contributed by atoms with van der Waals surface area (Å²) in [6.45, 7) is 0. The highest BCUT2D eigenvalue weighted by atomic mass is 15.4. The molecular weight excluding hydrogens is 607 g/mol. The Hall–Kier alpha value is -6.16. The van der Waals surface area contributed by atoms with Gasteiger partial charge in [-0.25, -0.2) is 0 Å². The number of nitrogens with zero attached hydrogens (tertiary/aromatic N) is 3. The molecule has 0 aliphatic carbocycles. The van der Waals surface area contributed by atoms with E-state index in [9.17, 15) is 0 Å². The number of para-hydroxylation sites is 1. The van der Waals surface area contributed by atoms with Gasteiger partial charge in [0.05, 0.1) is 11.6 Å². The molecule has 2 unspecified atom stereocenters. The minimum atomic E-state index is -0.307. The van der Waals surface area contributed by atoms with Gasteiger partial charge in [-0.15, -0.1) is 5.70 Å². The van der Waals surface area contributed by atoms with Crippen LogP contribution in [0, 0.1) is 0 Å². The van der Waals surface area contributed by atoms with Crippen LogP contribution in [0.5, 0.6) is 0 Å². The molecule has 50 heavy (non-hydrogen) atoms. The molecule has 0 bridgehead atoms. The molecule has 2 heterocycles. The fourth-order valence-electron chi connectivity index (χ4n) is 8.26. The lowest BCUT2D eigenvalue weighted by Crippen LogP contribution is -2.34. The monoisotopic (exact) mass is 640 g/mol. The fraction of sp³-hybridized carbons (Fsp3) is 0.0638. The molecule has 3 heteroatoms. The molecule has 3 nitrogen and oxygen atoms in total. The Morgan fingerprint density at radius 3 is 1.94 bits per heavy atom. The van der Waals surface area contributed by atoms with Crippen molar-refractivity contribution >= 4 is 59.8 Å². The Morgan fingerprint density at radius 2 is 1.12 bits per heavy atom. The maximum Gasteiger partial charge on any atom is 0.0578 e. The first-order chi connectivity index (χ1) is 24.7. The molecule has 1 aromatic heterocycles. The van der Waals surface area contributed by atoms with Gasteiger partial charge in [0.2, 0.25) is 0 Å². The van der Waals surface area contributed by atoms with Crippen molar-refractivity contribution in [2.24, 2.45) is 0 Å². The second kappa shape index (κ2) is 11.5. The zero-order valence-electron chi connectivity index (χ0n) is 27.7. The Kier molecular flexibility index (Phi) is 6.61. The summed E-state index contributed by atoms with van der Waals surface area (Å²) in [6.07, 6.45) is 2.03. The molecule has 0 spiro atoms. The quantitative estimate of drug-likeness (QED) is 0.176. The highest BCUT2D eigenvalue weighted by molar-refractivity contribution is 6.36. The predicted octanol–water partition coefficient (Wildman–Crippen LogP) is 12.5. The summed E-state index contributed by atoms with van der Waals surface area (Å²) in [7, 11) is 2.22. The third-order valence-electron chi connectivity index (χ3n) is 10.6. The maximum atomic E-state index is 5.69. The molecule has 0 saturated heterocycles. The summed E-state index contributed by atoms with van der Waals surface area (Å²) < 4.78 is 2.51. The molecule has 0 amide bonds. The molecule has 1 aliphatic rings. The summed E-state index contributed by atoms with van der Waals surface area (Å²) in [5.41, 5.74) is 8.15. The normalized spacial score (nSPS) is 16.7. The minimum absolute atomic E-state index is 0.0119. The van der Waals surface area contributed by atoms with Crippen molar-refractivity contribution in [1.29, 1.82) is 0 Å². The van der Waals surface area contributed by atoms with Crippen molar-refractivity contribution in [3.8, 4) is 11.1 Å². The van der Waals surface area contributed by atoms with E-state index < -0.39 is 0 Å². The van der Waals surface area contributed by atoms with E-state index in [1.54, 1.807) is 0 Å². The van der Waals surface area contributed by atoms with E-state index >= 15 is 0 Å². The number of rotatable bonds is 4. The van der Waals surface area contributed by atoms with Crippen molar-refractivity contribution in [3.63, 3.8) is 0 Å². The largest absolute Gasteiger partial charge is 0.652 e. The van der Waals surface area contributed by atoms with Gasteiger partial charge in [-0.3, -0.25) is 4.90 Å². The molecule has 0 N–H and O–H groups in total. The van der Waals surface area contributed by atoms with Gasteiger partial charge >= 0.3 is 0 Å². The molecule has 0 saturated carbocycles. The van der Waals surface area contributed by atoms with E-state index in [1.165, 1.54) is 70.8 Å². The summed E-state index contributed by atoms with van der Waals surface area (Å²) >= 11 is 0. The Bertz CT molecular complexity index is 2760. The number of fused-ring (bicyclic) bond motifs is 10. The lowest BCUT2D eigenvalue weighted by Gasteiger charge is -2.51. The van der Waals surface area contributed by atoms with E-state index in [4.69, 9.17) is 5.32 Å². The second-order valence-corrected chi connectivity index (χ2v) is 13.4. The van der Waals surface area contributed by atoms with Crippen LogP contribution in [0.2, 0.25) is 0 Å². The standard InChI is InChI=1S/C47H34N3/c1-49-43(33-18-6-3-7-19-33)30-41(35-21-14-20-34(29-35)31-15-4-2-5-16-31)48-47(49)50-42-26-13-12-25-40(42)45-44-36-22-9-8-17-32(36)27-28-38(44)37-23-10-11-24-39(37)46(45)50/h2-30,43,47H,1H3/q-1. The first-order valence-electron chi connectivity index (χ1n) is 17.3. The lowest BCUT2D eigenvalue weighted by atomic mass is 9.93. The van der Waals surface area contributed by atoms with Gasteiger partial charge in [-0.1, -0.05) is 164 Å². The number of benzene rings is 8. The molecule has 0 fully saturated rings. The van der Waals surface area contributed by atoms with E-state index in [-0.39, 0.29) is 12.3 Å². The number of hydrogen-bond donors (Lipinski definition) is 0. The van der Waals surface area contributed by atoms with Crippen LogP contribution in [-0.2, 0) is 0 Å². The molecule has 9 aromatic rings. The van der Waals surface area contributed by atoms with E-state index in [0.29, 0.717) is 0 Å². The molecule has 8 aromatic carbocycles. The van der Waals surface area contributed by atoms with E-state index in [0.717, 1.165) is 11.3 Å². The first kappa shape index (κ1) is 28.8. The van der Waals surface area contributed by atoms with Gasteiger partial charge in [0, 0.05) is 33.4 Å². The third-order valence-corrected chi connectivity index (χ3v) is 10.6. The van der Waals surface area contributed by atoms with Crippen LogP contribution in [0.4, 0.5) is 0 Å².